The van der Waals surface area contributed by atoms with Crippen molar-refractivity contribution in [1.29, 1.82) is 0 Å². The zero-order valence-corrected chi connectivity index (χ0v) is 14.7. The van der Waals surface area contributed by atoms with Crippen molar-refractivity contribution >= 4 is 26.4 Å². The van der Waals surface area contributed by atoms with Gasteiger partial charge in [-0.2, -0.15) is 0 Å². The topological polar surface area (TPSA) is 59.5 Å². The van der Waals surface area contributed by atoms with E-state index in [1.807, 2.05) is 4.90 Å². The van der Waals surface area contributed by atoms with Crippen LogP contribution < -0.4 is 4.90 Å². The predicted molar refractivity (Wildman–Crippen MR) is 96.6 cm³/mol. The summed E-state index contributed by atoms with van der Waals surface area (Å²) < 4.78 is 45.5. The third-order valence-corrected chi connectivity index (χ3v) is 6.21. The van der Waals surface area contributed by atoms with Crippen LogP contribution in [0.4, 0.5) is 10.1 Å². The van der Waals surface area contributed by atoms with E-state index in [4.69, 9.17) is 4.74 Å². The van der Waals surface area contributed by atoms with Gasteiger partial charge in [-0.1, -0.05) is 18.2 Å². The second kappa shape index (κ2) is 6.66. The van der Waals surface area contributed by atoms with E-state index in [-0.39, 0.29) is 9.79 Å². The number of ether oxygens (including phenoxy) is 1. The largest absolute Gasteiger partial charge is 0.378 e. The van der Waals surface area contributed by atoms with Gasteiger partial charge < -0.3 is 9.64 Å². The third kappa shape index (κ3) is 2.93. The van der Waals surface area contributed by atoms with Crippen LogP contribution in [0.3, 0.4) is 0 Å². The van der Waals surface area contributed by atoms with Crippen molar-refractivity contribution in [1.82, 2.24) is 4.98 Å². The first kappa shape index (κ1) is 16.9. The Kier molecular flexibility index (Phi) is 4.34. The maximum atomic E-state index is 13.6. The highest BCUT2D eigenvalue weighted by Gasteiger charge is 2.27. The fraction of sp³-hybridized carbons (Fsp3) is 0.211. The van der Waals surface area contributed by atoms with Gasteiger partial charge in [0.15, 0.2) is 0 Å². The van der Waals surface area contributed by atoms with Gasteiger partial charge in [-0.15, -0.1) is 0 Å². The van der Waals surface area contributed by atoms with Gasteiger partial charge in [0.2, 0.25) is 9.84 Å². The molecule has 3 aromatic rings. The Morgan fingerprint density at radius 3 is 2.50 bits per heavy atom. The molecule has 1 fully saturated rings. The molecule has 0 N–H and O–H groups in total. The van der Waals surface area contributed by atoms with Crippen LogP contribution in [0.2, 0.25) is 0 Å². The summed E-state index contributed by atoms with van der Waals surface area (Å²) in [5, 5.41) is 0.616. The number of pyridine rings is 1. The molecule has 4 rings (SSSR count). The normalized spacial score (nSPS) is 15.3. The second-order valence-electron chi connectivity index (χ2n) is 6.05. The highest BCUT2D eigenvalue weighted by atomic mass is 32.2. The van der Waals surface area contributed by atoms with Crippen LogP contribution in [-0.2, 0) is 14.6 Å². The number of hydrogen-bond acceptors (Lipinski definition) is 5. The van der Waals surface area contributed by atoms with Crippen molar-refractivity contribution in [2.75, 3.05) is 31.2 Å². The van der Waals surface area contributed by atoms with Gasteiger partial charge in [-0.05, 0) is 24.3 Å². The molecular formula is C19H17FN2O3S. The van der Waals surface area contributed by atoms with Gasteiger partial charge in [-0.3, -0.25) is 4.98 Å². The first-order valence-corrected chi connectivity index (χ1v) is 9.77. The lowest BCUT2D eigenvalue weighted by Gasteiger charge is -2.31. The van der Waals surface area contributed by atoms with E-state index >= 15 is 0 Å². The van der Waals surface area contributed by atoms with Gasteiger partial charge in [0.05, 0.1) is 29.3 Å². The molecule has 0 aliphatic carbocycles. The number of nitrogens with zero attached hydrogens (tertiary/aromatic N) is 2. The maximum Gasteiger partial charge on any atom is 0.210 e. The first-order chi connectivity index (χ1) is 12.6. The van der Waals surface area contributed by atoms with Gasteiger partial charge in [0, 0.05) is 30.7 Å². The second-order valence-corrected chi connectivity index (χ2v) is 7.97. The molecular weight excluding hydrogens is 355 g/mol. The maximum absolute atomic E-state index is 13.6. The smallest absolute Gasteiger partial charge is 0.210 e. The summed E-state index contributed by atoms with van der Waals surface area (Å²) in [6, 6.07) is 12.5. The van der Waals surface area contributed by atoms with Gasteiger partial charge >= 0.3 is 0 Å². The summed E-state index contributed by atoms with van der Waals surface area (Å²) in [7, 11) is -3.76. The lowest BCUT2D eigenvalue weighted by molar-refractivity contribution is 0.122. The van der Waals surface area contributed by atoms with Crippen molar-refractivity contribution < 1.29 is 17.5 Å². The molecule has 1 saturated heterocycles. The Labute approximate surface area is 151 Å². The molecule has 134 valence electrons. The zero-order chi connectivity index (χ0) is 18.1. The predicted octanol–water partition coefficient (Wildman–Crippen LogP) is 3.04. The van der Waals surface area contributed by atoms with Crippen LogP contribution in [0, 0.1) is 5.82 Å². The van der Waals surface area contributed by atoms with Gasteiger partial charge in [0.25, 0.3) is 0 Å². The highest BCUT2D eigenvalue weighted by molar-refractivity contribution is 7.91. The lowest BCUT2D eigenvalue weighted by Crippen LogP contribution is -2.37. The molecule has 2 heterocycles. The molecule has 1 aliphatic rings. The number of anilines is 1. The number of benzene rings is 2. The minimum Gasteiger partial charge on any atom is -0.378 e. The molecule has 26 heavy (non-hydrogen) atoms. The number of rotatable bonds is 3. The van der Waals surface area contributed by atoms with E-state index in [1.165, 1.54) is 18.3 Å². The zero-order valence-electron chi connectivity index (χ0n) is 13.9. The minimum atomic E-state index is -3.76. The molecule has 0 saturated carbocycles. The highest BCUT2D eigenvalue weighted by Crippen LogP contribution is 2.36. The first-order valence-electron chi connectivity index (χ1n) is 8.28. The third-order valence-electron chi connectivity index (χ3n) is 4.44. The van der Waals surface area contributed by atoms with Crippen molar-refractivity contribution in [2.24, 2.45) is 0 Å². The number of fused-ring (bicyclic) bond motifs is 1. The van der Waals surface area contributed by atoms with E-state index in [0.717, 1.165) is 0 Å². The summed E-state index contributed by atoms with van der Waals surface area (Å²) in [4.78, 5) is 6.52. The van der Waals surface area contributed by atoms with Crippen LogP contribution in [0.5, 0.6) is 0 Å². The SMILES string of the molecule is O=S(=O)(c1ccccc1)c1cnc2cc(F)ccc2c1N1CCOCC1. The minimum absolute atomic E-state index is 0.129. The summed E-state index contributed by atoms with van der Waals surface area (Å²) in [5.41, 5.74) is 0.987. The van der Waals surface area contributed by atoms with Crippen molar-refractivity contribution in [2.45, 2.75) is 9.79 Å². The number of aromatic nitrogens is 1. The van der Waals surface area contributed by atoms with Crippen LogP contribution in [0.25, 0.3) is 10.9 Å². The number of hydrogen-bond donors (Lipinski definition) is 0. The molecule has 0 amide bonds. The molecule has 1 aromatic heterocycles. The Morgan fingerprint density at radius 1 is 1.04 bits per heavy atom. The van der Waals surface area contributed by atoms with E-state index in [2.05, 4.69) is 4.98 Å². The van der Waals surface area contributed by atoms with Crippen molar-refractivity contribution in [3.63, 3.8) is 0 Å². The van der Waals surface area contributed by atoms with E-state index < -0.39 is 15.7 Å². The molecule has 7 heteroatoms. The fourth-order valence-electron chi connectivity index (χ4n) is 3.17. The Hall–Kier alpha value is -2.51. The van der Waals surface area contributed by atoms with Crippen LogP contribution >= 0.6 is 0 Å². The molecule has 0 unspecified atom stereocenters. The molecule has 0 spiro atoms. The summed E-state index contributed by atoms with van der Waals surface area (Å²) >= 11 is 0. The quantitative estimate of drug-likeness (QED) is 0.707. The summed E-state index contributed by atoms with van der Waals surface area (Å²) in [6.45, 7) is 2.15. The van der Waals surface area contributed by atoms with Crippen molar-refractivity contribution in [3.05, 3.63) is 60.5 Å². The Morgan fingerprint density at radius 2 is 1.77 bits per heavy atom. The van der Waals surface area contributed by atoms with E-state index in [9.17, 15) is 12.8 Å². The Balaban J connectivity index is 1.98. The lowest BCUT2D eigenvalue weighted by atomic mass is 10.1. The van der Waals surface area contributed by atoms with E-state index in [1.54, 1.807) is 36.4 Å². The number of morpholine rings is 1. The van der Waals surface area contributed by atoms with Crippen molar-refractivity contribution in [3.8, 4) is 0 Å². The van der Waals surface area contributed by atoms with Gasteiger partial charge in [-0.25, -0.2) is 12.8 Å². The summed E-state index contributed by atoms with van der Waals surface area (Å²) in [5.74, 6) is -0.406. The Bertz CT molecular complexity index is 1050. The average Bonchev–Trinajstić information content (AvgIpc) is 2.68. The van der Waals surface area contributed by atoms with E-state index in [0.29, 0.717) is 42.9 Å². The average molecular weight is 372 g/mol. The molecule has 0 atom stereocenters. The summed E-state index contributed by atoms with van der Waals surface area (Å²) in [6.07, 6.45) is 1.33. The van der Waals surface area contributed by atoms with Crippen LogP contribution in [0.1, 0.15) is 0 Å². The van der Waals surface area contributed by atoms with Gasteiger partial charge in [0.1, 0.15) is 10.7 Å². The standard InChI is InChI=1S/C19H17FN2O3S/c20-14-6-7-16-17(12-14)21-13-18(19(16)22-8-10-25-11-9-22)26(23,24)15-4-2-1-3-5-15/h1-7,12-13H,8-11H2. The molecule has 0 bridgehead atoms. The molecule has 5 nitrogen and oxygen atoms in total. The molecule has 2 aromatic carbocycles. The molecule has 1 aliphatic heterocycles. The van der Waals surface area contributed by atoms with Crippen LogP contribution in [-0.4, -0.2) is 39.7 Å². The van der Waals surface area contributed by atoms with Crippen LogP contribution in [0.15, 0.2) is 64.5 Å². The fourth-order valence-corrected chi connectivity index (χ4v) is 4.62. The monoisotopic (exact) mass is 372 g/mol. The molecule has 0 radical (unpaired) electrons. The number of halogens is 1. The number of sulfone groups is 1.